The molecule has 1 unspecified atom stereocenters. The van der Waals surface area contributed by atoms with E-state index >= 15 is 0 Å². The van der Waals surface area contributed by atoms with Crippen molar-refractivity contribution in [2.45, 2.75) is 32.2 Å². The van der Waals surface area contributed by atoms with Crippen LogP contribution in [-0.4, -0.2) is 29.5 Å². The van der Waals surface area contributed by atoms with Gasteiger partial charge in [0.05, 0.1) is 12.7 Å². The zero-order valence-corrected chi connectivity index (χ0v) is 10.9. The normalized spacial score (nSPS) is 13.5. The Bertz CT molecular complexity index is 420. The predicted octanol–water partition coefficient (Wildman–Crippen LogP) is 1.54. The molecule has 0 spiro atoms. The minimum atomic E-state index is -1.00. The highest BCUT2D eigenvalue weighted by Gasteiger charge is 2.35. The number of methoxy groups -OCH3 is 1. The molecule has 1 aromatic heterocycles. The second-order valence-electron chi connectivity index (χ2n) is 4.27. The number of pyridine rings is 1. The third-order valence-corrected chi connectivity index (χ3v) is 2.70. The Kier molecular flexibility index (Phi) is 4.83. The molecular formula is C13H18N2O3. The Morgan fingerprint density at radius 3 is 2.72 bits per heavy atom. The lowest BCUT2D eigenvalue weighted by atomic mass is 9.95. The lowest BCUT2D eigenvalue weighted by Crippen LogP contribution is -2.52. The van der Waals surface area contributed by atoms with E-state index in [4.69, 9.17) is 4.74 Å². The number of ether oxygens (including phenoxy) is 1. The van der Waals surface area contributed by atoms with Gasteiger partial charge in [-0.1, -0.05) is 13.3 Å². The number of aromatic nitrogens is 1. The molecule has 0 radical (unpaired) electrons. The van der Waals surface area contributed by atoms with Crippen LogP contribution in [0.25, 0.3) is 0 Å². The van der Waals surface area contributed by atoms with E-state index in [2.05, 4.69) is 10.3 Å². The molecule has 5 nitrogen and oxygen atoms in total. The van der Waals surface area contributed by atoms with Gasteiger partial charge in [0.25, 0.3) is 5.91 Å². The molecule has 0 fully saturated rings. The second-order valence-corrected chi connectivity index (χ2v) is 4.27. The minimum Gasteiger partial charge on any atom is -0.467 e. The number of esters is 1. The first-order valence-corrected chi connectivity index (χ1v) is 5.84. The van der Waals surface area contributed by atoms with Crippen molar-refractivity contribution in [1.82, 2.24) is 10.3 Å². The molecule has 1 rings (SSSR count). The van der Waals surface area contributed by atoms with Gasteiger partial charge in [-0.25, -0.2) is 4.79 Å². The van der Waals surface area contributed by atoms with Crippen molar-refractivity contribution in [2.24, 2.45) is 0 Å². The number of nitrogens with one attached hydrogen (secondary N) is 1. The molecule has 1 aromatic rings. The summed E-state index contributed by atoms with van der Waals surface area (Å²) in [6.07, 6.45) is 4.33. The Balaban J connectivity index is 2.85. The number of hydrogen-bond acceptors (Lipinski definition) is 4. The molecule has 1 atom stereocenters. The summed E-state index contributed by atoms with van der Waals surface area (Å²) in [4.78, 5) is 27.6. The Morgan fingerprint density at radius 1 is 1.50 bits per heavy atom. The van der Waals surface area contributed by atoms with E-state index in [1.807, 2.05) is 6.92 Å². The Morgan fingerprint density at radius 2 is 2.22 bits per heavy atom. The molecule has 1 heterocycles. The van der Waals surface area contributed by atoms with Crippen molar-refractivity contribution in [3.63, 3.8) is 0 Å². The van der Waals surface area contributed by atoms with Crippen LogP contribution in [0.2, 0.25) is 0 Å². The fraction of sp³-hybridized carbons (Fsp3) is 0.462. The van der Waals surface area contributed by atoms with Gasteiger partial charge < -0.3 is 10.1 Å². The van der Waals surface area contributed by atoms with Crippen molar-refractivity contribution >= 4 is 11.9 Å². The maximum Gasteiger partial charge on any atom is 0.331 e. The summed E-state index contributed by atoms with van der Waals surface area (Å²) < 4.78 is 4.74. The van der Waals surface area contributed by atoms with Gasteiger partial charge in [0, 0.05) is 12.4 Å². The average Bonchev–Trinajstić information content (AvgIpc) is 2.39. The molecule has 0 aliphatic heterocycles. The third-order valence-electron chi connectivity index (χ3n) is 2.70. The lowest BCUT2D eigenvalue weighted by Gasteiger charge is -2.27. The monoisotopic (exact) mass is 250 g/mol. The number of nitrogens with zero attached hydrogens (tertiary/aromatic N) is 1. The first-order valence-electron chi connectivity index (χ1n) is 5.84. The van der Waals surface area contributed by atoms with E-state index in [0.29, 0.717) is 12.0 Å². The highest BCUT2D eigenvalue weighted by atomic mass is 16.5. The van der Waals surface area contributed by atoms with Gasteiger partial charge in [0.2, 0.25) is 0 Å². The zero-order valence-electron chi connectivity index (χ0n) is 10.9. The van der Waals surface area contributed by atoms with Crippen molar-refractivity contribution in [1.29, 1.82) is 0 Å². The van der Waals surface area contributed by atoms with Crippen LogP contribution in [0.4, 0.5) is 0 Å². The molecule has 0 bridgehead atoms. The van der Waals surface area contributed by atoms with Crippen LogP contribution in [-0.2, 0) is 9.53 Å². The second kappa shape index (κ2) is 6.14. The average molecular weight is 250 g/mol. The van der Waals surface area contributed by atoms with Crippen LogP contribution in [0, 0.1) is 0 Å². The standard InChI is InChI=1S/C13H18N2O3/c1-4-7-13(2,12(17)18-3)15-11(16)10-6-5-8-14-9-10/h5-6,8-9H,4,7H2,1-3H3,(H,15,16). The summed E-state index contributed by atoms with van der Waals surface area (Å²) in [5.74, 6) is -0.772. The fourth-order valence-corrected chi connectivity index (χ4v) is 1.76. The largest absolute Gasteiger partial charge is 0.467 e. The quantitative estimate of drug-likeness (QED) is 0.805. The lowest BCUT2D eigenvalue weighted by molar-refractivity contribution is -0.147. The summed E-state index contributed by atoms with van der Waals surface area (Å²) in [5.41, 5.74) is -0.583. The van der Waals surface area contributed by atoms with Crippen LogP contribution in [0.1, 0.15) is 37.0 Å². The van der Waals surface area contributed by atoms with E-state index in [1.165, 1.54) is 13.3 Å². The van der Waals surface area contributed by atoms with E-state index in [1.54, 1.807) is 25.3 Å². The van der Waals surface area contributed by atoms with Crippen molar-refractivity contribution in [2.75, 3.05) is 7.11 Å². The molecule has 0 aromatic carbocycles. The van der Waals surface area contributed by atoms with Gasteiger partial charge in [-0.15, -0.1) is 0 Å². The number of rotatable bonds is 5. The Labute approximate surface area is 107 Å². The van der Waals surface area contributed by atoms with E-state index in [0.717, 1.165) is 6.42 Å². The highest BCUT2D eigenvalue weighted by molar-refractivity contribution is 5.97. The minimum absolute atomic E-state index is 0.329. The molecule has 0 aliphatic rings. The molecule has 0 aliphatic carbocycles. The van der Waals surface area contributed by atoms with Crippen LogP contribution >= 0.6 is 0 Å². The summed E-state index contributed by atoms with van der Waals surface area (Å²) in [6, 6.07) is 3.32. The van der Waals surface area contributed by atoms with Crippen LogP contribution < -0.4 is 5.32 Å². The van der Waals surface area contributed by atoms with Crippen LogP contribution in [0.3, 0.4) is 0 Å². The van der Waals surface area contributed by atoms with Crippen LogP contribution in [0.15, 0.2) is 24.5 Å². The van der Waals surface area contributed by atoms with Crippen molar-refractivity contribution in [3.05, 3.63) is 30.1 Å². The molecule has 1 amide bonds. The number of carbonyl (C=O) groups excluding carboxylic acids is 2. The third kappa shape index (κ3) is 3.29. The van der Waals surface area contributed by atoms with Gasteiger partial charge in [-0.2, -0.15) is 0 Å². The molecule has 0 saturated carbocycles. The van der Waals surface area contributed by atoms with E-state index < -0.39 is 11.5 Å². The zero-order chi connectivity index (χ0) is 13.6. The van der Waals surface area contributed by atoms with Gasteiger partial charge >= 0.3 is 5.97 Å². The molecule has 5 heteroatoms. The SMILES string of the molecule is CCCC(C)(NC(=O)c1cccnc1)C(=O)OC. The Hall–Kier alpha value is -1.91. The molecule has 1 N–H and O–H groups in total. The first kappa shape index (κ1) is 14.2. The highest BCUT2D eigenvalue weighted by Crippen LogP contribution is 2.15. The maximum absolute atomic E-state index is 12.0. The molecule has 0 saturated heterocycles. The maximum atomic E-state index is 12.0. The van der Waals surface area contributed by atoms with Gasteiger partial charge in [-0.3, -0.25) is 9.78 Å². The predicted molar refractivity (Wildman–Crippen MR) is 67.0 cm³/mol. The van der Waals surface area contributed by atoms with E-state index in [-0.39, 0.29) is 5.91 Å². The molecular weight excluding hydrogens is 232 g/mol. The number of hydrogen-bond donors (Lipinski definition) is 1. The van der Waals surface area contributed by atoms with Crippen molar-refractivity contribution < 1.29 is 14.3 Å². The van der Waals surface area contributed by atoms with Crippen LogP contribution in [0.5, 0.6) is 0 Å². The van der Waals surface area contributed by atoms with Gasteiger partial charge in [-0.05, 0) is 25.5 Å². The number of carbonyl (C=O) groups is 2. The molecule has 18 heavy (non-hydrogen) atoms. The van der Waals surface area contributed by atoms with Crippen molar-refractivity contribution in [3.8, 4) is 0 Å². The topological polar surface area (TPSA) is 68.3 Å². The molecule has 98 valence electrons. The summed E-state index contributed by atoms with van der Waals surface area (Å²) in [7, 11) is 1.31. The first-order chi connectivity index (χ1) is 8.53. The van der Waals surface area contributed by atoms with E-state index in [9.17, 15) is 9.59 Å². The smallest absolute Gasteiger partial charge is 0.331 e. The number of amides is 1. The fourth-order valence-electron chi connectivity index (χ4n) is 1.76. The summed E-state index contributed by atoms with van der Waals surface area (Å²) in [6.45, 7) is 3.61. The van der Waals surface area contributed by atoms with Gasteiger partial charge in [0.1, 0.15) is 5.54 Å². The summed E-state index contributed by atoms with van der Waals surface area (Å²) in [5, 5.41) is 2.71. The summed E-state index contributed by atoms with van der Waals surface area (Å²) >= 11 is 0. The van der Waals surface area contributed by atoms with Gasteiger partial charge in [0.15, 0.2) is 0 Å².